The highest BCUT2D eigenvalue weighted by Crippen LogP contribution is 2.27. The van der Waals surface area contributed by atoms with Crippen LogP contribution in [-0.4, -0.2) is 10.9 Å². The fourth-order valence-corrected chi connectivity index (χ4v) is 2.59. The van der Waals surface area contributed by atoms with E-state index in [0.717, 1.165) is 22.2 Å². The first-order valence-electron chi connectivity index (χ1n) is 5.20. The smallest absolute Gasteiger partial charge is 0.250 e. The van der Waals surface area contributed by atoms with Crippen LogP contribution in [0.1, 0.15) is 10.4 Å². The van der Waals surface area contributed by atoms with E-state index in [1.165, 1.54) is 0 Å². The van der Waals surface area contributed by atoms with Crippen molar-refractivity contribution in [1.29, 1.82) is 0 Å². The second-order valence-electron chi connectivity index (χ2n) is 3.83. The summed E-state index contributed by atoms with van der Waals surface area (Å²) >= 11 is 1.64. The van der Waals surface area contributed by atoms with Crippen molar-refractivity contribution in [3.63, 3.8) is 0 Å². The van der Waals surface area contributed by atoms with Crippen LogP contribution in [0.3, 0.4) is 0 Å². The third-order valence-electron chi connectivity index (χ3n) is 2.75. The molecule has 3 N–H and O–H groups in total. The Hall–Kier alpha value is -2.07. The highest BCUT2D eigenvalue weighted by Gasteiger charge is 2.10. The van der Waals surface area contributed by atoms with E-state index in [1.807, 2.05) is 29.6 Å². The van der Waals surface area contributed by atoms with Gasteiger partial charge in [-0.1, -0.05) is 12.1 Å². The number of para-hydroxylation sites is 1. The number of hydrogen-bond acceptors (Lipinski definition) is 2. The number of thiophene rings is 1. The van der Waals surface area contributed by atoms with E-state index < -0.39 is 5.91 Å². The topological polar surface area (TPSA) is 58.9 Å². The van der Waals surface area contributed by atoms with Crippen LogP contribution in [0.15, 0.2) is 41.1 Å². The Morgan fingerprint density at radius 2 is 2.18 bits per heavy atom. The number of amides is 1. The molecule has 4 heteroatoms. The van der Waals surface area contributed by atoms with Gasteiger partial charge in [0.05, 0.1) is 11.1 Å². The summed E-state index contributed by atoms with van der Waals surface area (Å²) in [6.45, 7) is 0. The number of nitrogens with one attached hydrogen (secondary N) is 1. The van der Waals surface area contributed by atoms with Crippen molar-refractivity contribution in [3.05, 3.63) is 46.7 Å². The summed E-state index contributed by atoms with van der Waals surface area (Å²) in [6, 6.07) is 9.61. The van der Waals surface area contributed by atoms with Gasteiger partial charge in [-0.2, -0.15) is 11.3 Å². The van der Waals surface area contributed by atoms with Gasteiger partial charge in [-0.15, -0.1) is 0 Å². The van der Waals surface area contributed by atoms with E-state index in [4.69, 9.17) is 5.73 Å². The second kappa shape index (κ2) is 3.75. The Kier molecular flexibility index (Phi) is 2.23. The van der Waals surface area contributed by atoms with Crippen LogP contribution in [0, 0.1) is 0 Å². The number of fused-ring (bicyclic) bond motifs is 1. The Balaban J connectivity index is 2.26. The number of primary amides is 1. The molecule has 2 heterocycles. The predicted octanol–water partition coefficient (Wildman–Crippen LogP) is 3.00. The predicted molar refractivity (Wildman–Crippen MR) is 70.1 cm³/mol. The van der Waals surface area contributed by atoms with Gasteiger partial charge in [0.2, 0.25) is 0 Å². The van der Waals surface area contributed by atoms with Crippen LogP contribution >= 0.6 is 11.3 Å². The van der Waals surface area contributed by atoms with Gasteiger partial charge in [0.1, 0.15) is 0 Å². The summed E-state index contributed by atoms with van der Waals surface area (Å²) in [5.41, 5.74) is 8.82. The molecule has 0 aliphatic rings. The zero-order valence-corrected chi connectivity index (χ0v) is 9.75. The van der Waals surface area contributed by atoms with Crippen LogP contribution in [-0.2, 0) is 0 Å². The first-order chi connectivity index (χ1) is 8.25. The molecule has 0 fully saturated rings. The van der Waals surface area contributed by atoms with Gasteiger partial charge in [-0.25, -0.2) is 0 Å². The Labute approximate surface area is 102 Å². The lowest BCUT2D eigenvalue weighted by Gasteiger charge is -1.96. The van der Waals surface area contributed by atoms with E-state index in [2.05, 4.69) is 10.4 Å². The lowest BCUT2D eigenvalue weighted by molar-refractivity contribution is 0.100. The molecule has 0 bridgehead atoms. The lowest BCUT2D eigenvalue weighted by Crippen LogP contribution is -2.11. The zero-order chi connectivity index (χ0) is 11.8. The van der Waals surface area contributed by atoms with Crippen LogP contribution in [0.25, 0.3) is 22.2 Å². The summed E-state index contributed by atoms with van der Waals surface area (Å²) < 4.78 is 0. The number of hydrogen-bond donors (Lipinski definition) is 2. The number of carbonyl (C=O) groups excluding carboxylic acids is 1. The minimum absolute atomic E-state index is 0.408. The molecule has 2 aromatic heterocycles. The number of nitrogens with two attached hydrogens (primary N) is 1. The van der Waals surface area contributed by atoms with Gasteiger partial charge in [0.15, 0.2) is 0 Å². The Bertz CT molecular complexity index is 683. The molecule has 0 saturated carbocycles. The standard InChI is InChI=1S/C13H10N2OS/c14-13(16)10-3-1-2-8-6-11(15-12(8)10)9-4-5-17-7-9/h1-7,15H,(H2,14,16). The molecule has 3 rings (SSSR count). The maximum atomic E-state index is 11.3. The average Bonchev–Trinajstić information content (AvgIpc) is 2.96. The van der Waals surface area contributed by atoms with E-state index >= 15 is 0 Å². The zero-order valence-electron chi connectivity index (χ0n) is 8.94. The molecule has 1 aromatic carbocycles. The van der Waals surface area contributed by atoms with Gasteiger partial charge in [-0.3, -0.25) is 4.79 Å². The van der Waals surface area contributed by atoms with Gasteiger partial charge >= 0.3 is 0 Å². The molecule has 3 nitrogen and oxygen atoms in total. The number of carbonyl (C=O) groups is 1. The first-order valence-corrected chi connectivity index (χ1v) is 6.14. The van der Waals surface area contributed by atoms with Crippen molar-refractivity contribution in [2.24, 2.45) is 5.73 Å². The summed E-state index contributed by atoms with van der Waals surface area (Å²) in [7, 11) is 0. The van der Waals surface area contributed by atoms with Gasteiger partial charge in [0, 0.05) is 22.0 Å². The van der Waals surface area contributed by atoms with E-state index in [0.29, 0.717) is 5.56 Å². The number of aromatic nitrogens is 1. The largest absolute Gasteiger partial charge is 0.366 e. The van der Waals surface area contributed by atoms with Crippen molar-refractivity contribution in [2.45, 2.75) is 0 Å². The van der Waals surface area contributed by atoms with Gasteiger partial charge < -0.3 is 10.7 Å². The quantitative estimate of drug-likeness (QED) is 0.713. The molecule has 1 amide bonds. The highest BCUT2D eigenvalue weighted by molar-refractivity contribution is 7.08. The maximum Gasteiger partial charge on any atom is 0.250 e. The fraction of sp³-hybridized carbons (Fsp3) is 0. The Morgan fingerprint density at radius 1 is 1.29 bits per heavy atom. The number of H-pyrrole nitrogens is 1. The molecule has 0 atom stereocenters. The third kappa shape index (κ3) is 1.62. The van der Waals surface area contributed by atoms with Crippen LogP contribution in [0.5, 0.6) is 0 Å². The maximum absolute atomic E-state index is 11.3. The van der Waals surface area contributed by atoms with Crippen LogP contribution < -0.4 is 5.73 Å². The van der Waals surface area contributed by atoms with Crippen molar-refractivity contribution in [1.82, 2.24) is 4.98 Å². The molecular weight excluding hydrogens is 232 g/mol. The van der Waals surface area contributed by atoms with Crippen molar-refractivity contribution in [2.75, 3.05) is 0 Å². The molecule has 0 aliphatic carbocycles. The number of benzene rings is 1. The van der Waals surface area contributed by atoms with Crippen LogP contribution in [0.2, 0.25) is 0 Å². The minimum atomic E-state index is -0.408. The molecule has 17 heavy (non-hydrogen) atoms. The summed E-state index contributed by atoms with van der Waals surface area (Å²) in [5.74, 6) is -0.408. The van der Waals surface area contributed by atoms with E-state index in [-0.39, 0.29) is 0 Å². The monoisotopic (exact) mass is 242 g/mol. The van der Waals surface area contributed by atoms with E-state index in [9.17, 15) is 4.79 Å². The fourth-order valence-electron chi connectivity index (χ4n) is 1.93. The summed E-state index contributed by atoms with van der Waals surface area (Å²) in [5, 5.41) is 5.09. The highest BCUT2D eigenvalue weighted by atomic mass is 32.1. The SMILES string of the molecule is NC(=O)c1cccc2cc(-c3ccsc3)[nH]c12. The molecule has 0 aliphatic heterocycles. The normalized spacial score (nSPS) is 10.8. The van der Waals surface area contributed by atoms with Crippen molar-refractivity contribution >= 4 is 28.1 Å². The van der Waals surface area contributed by atoms with Crippen LogP contribution in [0.4, 0.5) is 0 Å². The molecule has 84 valence electrons. The molecule has 0 spiro atoms. The molecule has 3 aromatic rings. The summed E-state index contributed by atoms with van der Waals surface area (Å²) in [6.07, 6.45) is 0. The van der Waals surface area contributed by atoms with Gasteiger partial charge in [-0.05, 0) is 23.6 Å². The molecule has 0 radical (unpaired) electrons. The summed E-state index contributed by atoms with van der Waals surface area (Å²) in [4.78, 5) is 14.6. The second-order valence-corrected chi connectivity index (χ2v) is 4.61. The first kappa shape index (κ1) is 10.1. The minimum Gasteiger partial charge on any atom is -0.366 e. The number of rotatable bonds is 2. The third-order valence-corrected chi connectivity index (χ3v) is 3.44. The molecule has 0 saturated heterocycles. The lowest BCUT2D eigenvalue weighted by atomic mass is 10.1. The number of aromatic amines is 1. The van der Waals surface area contributed by atoms with Crippen molar-refractivity contribution < 1.29 is 4.79 Å². The van der Waals surface area contributed by atoms with Gasteiger partial charge in [0.25, 0.3) is 5.91 Å². The van der Waals surface area contributed by atoms with E-state index in [1.54, 1.807) is 17.4 Å². The molecule has 0 unspecified atom stereocenters. The Morgan fingerprint density at radius 3 is 2.88 bits per heavy atom. The van der Waals surface area contributed by atoms with Crippen molar-refractivity contribution in [3.8, 4) is 11.3 Å². The average molecular weight is 242 g/mol. The molecular formula is C13H10N2OS.